The van der Waals surface area contributed by atoms with Gasteiger partial charge in [0.25, 0.3) is 0 Å². The van der Waals surface area contributed by atoms with Gasteiger partial charge < -0.3 is 14.8 Å². The highest BCUT2D eigenvalue weighted by Gasteiger charge is 2.13. The van der Waals surface area contributed by atoms with E-state index in [1.807, 2.05) is 29.1 Å². The molecule has 0 saturated heterocycles. The van der Waals surface area contributed by atoms with Gasteiger partial charge in [-0.1, -0.05) is 6.07 Å². The minimum Gasteiger partial charge on any atom is -0.454 e. The molecule has 1 aromatic carbocycles. The fourth-order valence-electron chi connectivity index (χ4n) is 2.10. The summed E-state index contributed by atoms with van der Waals surface area (Å²) in [5, 5.41) is 7.67. The van der Waals surface area contributed by atoms with Crippen LogP contribution in [-0.2, 0) is 13.1 Å². The van der Waals surface area contributed by atoms with Crippen molar-refractivity contribution in [1.82, 2.24) is 15.1 Å². The summed E-state index contributed by atoms with van der Waals surface area (Å²) in [6, 6.07) is 8.32. The van der Waals surface area contributed by atoms with Crippen molar-refractivity contribution in [2.75, 3.05) is 6.79 Å². The number of hydrogen-bond donors (Lipinski definition) is 1. The van der Waals surface area contributed by atoms with E-state index in [1.165, 1.54) is 5.56 Å². The van der Waals surface area contributed by atoms with Crippen molar-refractivity contribution in [1.29, 1.82) is 0 Å². The first-order valence-electron chi connectivity index (χ1n) is 6.40. The van der Waals surface area contributed by atoms with Gasteiger partial charge in [0.2, 0.25) is 6.79 Å². The highest BCUT2D eigenvalue weighted by molar-refractivity contribution is 5.44. The van der Waals surface area contributed by atoms with E-state index >= 15 is 0 Å². The Kier molecular flexibility index (Phi) is 3.37. The summed E-state index contributed by atoms with van der Waals surface area (Å²) in [7, 11) is 0. The number of rotatable bonds is 5. The number of nitrogens with zero attached hydrogens (tertiary/aromatic N) is 2. The second-order valence-electron chi connectivity index (χ2n) is 4.70. The smallest absolute Gasteiger partial charge is 0.231 e. The van der Waals surface area contributed by atoms with Crippen LogP contribution in [0.4, 0.5) is 0 Å². The SMILES string of the molecule is CC(Cn1cccn1)NCc1ccc2c(c1)OCO2. The Morgan fingerprint density at radius 2 is 2.26 bits per heavy atom. The highest BCUT2D eigenvalue weighted by Crippen LogP contribution is 2.32. The Morgan fingerprint density at radius 1 is 1.37 bits per heavy atom. The van der Waals surface area contributed by atoms with E-state index in [4.69, 9.17) is 9.47 Å². The molecule has 1 atom stereocenters. The van der Waals surface area contributed by atoms with Crippen LogP contribution in [0.2, 0.25) is 0 Å². The fraction of sp³-hybridized carbons (Fsp3) is 0.357. The molecule has 0 radical (unpaired) electrons. The molecule has 1 aliphatic rings. The lowest BCUT2D eigenvalue weighted by Crippen LogP contribution is -2.30. The van der Waals surface area contributed by atoms with Crippen molar-refractivity contribution in [3.63, 3.8) is 0 Å². The highest BCUT2D eigenvalue weighted by atomic mass is 16.7. The lowest BCUT2D eigenvalue weighted by molar-refractivity contribution is 0.174. The third-order valence-corrected chi connectivity index (χ3v) is 3.11. The molecule has 1 aromatic heterocycles. The maximum Gasteiger partial charge on any atom is 0.231 e. The molecular formula is C14H17N3O2. The summed E-state index contributed by atoms with van der Waals surface area (Å²) in [4.78, 5) is 0. The summed E-state index contributed by atoms with van der Waals surface area (Å²) in [5.41, 5.74) is 1.19. The predicted octanol–water partition coefficient (Wildman–Crippen LogP) is 1.79. The van der Waals surface area contributed by atoms with Gasteiger partial charge in [-0.3, -0.25) is 4.68 Å². The molecule has 2 heterocycles. The van der Waals surface area contributed by atoms with Crippen LogP contribution < -0.4 is 14.8 Å². The molecule has 19 heavy (non-hydrogen) atoms. The molecule has 0 aliphatic carbocycles. The van der Waals surface area contributed by atoms with Crippen LogP contribution >= 0.6 is 0 Å². The van der Waals surface area contributed by atoms with Gasteiger partial charge in [-0.15, -0.1) is 0 Å². The summed E-state index contributed by atoms with van der Waals surface area (Å²) < 4.78 is 12.6. The molecule has 1 aliphatic heterocycles. The molecule has 0 bridgehead atoms. The van der Waals surface area contributed by atoms with Crippen LogP contribution in [0.15, 0.2) is 36.7 Å². The minimum atomic E-state index is 0.321. The molecule has 0 spiro atoms. The quantitative estimate of drug-likeness (QED) is 0.889. The lowest BCUT2D eigenvalue weighted by Gasteiger charge is -2.14. The maximum absolute atomic E-state index is 5.37. The van der Waals surface area contributed by atoms with Gasteiger partial charge in [0.15, 0.2) is 11.5 Å². The van der Waals surface area contributed by atoms with Crippen molar-refractivity contribution in [3.8, 4) is 11.5 Å². The van der Waals surface area contributed by atoms with Gasteiger partial charge >= 0.3 is 0 Å². The third-order valence-electron chi connectivity index (χ3n) is 3.11. The van der Waals surface area contributed by atoms with Crippen LogP contribution in [0, 0.1) is 0 Å². The minimum absolute atomic E-state index is 0.321. The molecule has 1 unspecified atom stereocenters. The molecule has 2 aromatic rings. The predicted molar refractivity (Wildman–Crippen MR) is 71.1 cm³/mol. The number of benzene rings is 1. The molecule has 0 fully saturated rings. The van der Waals surface area contributed by atoms with E-state index in [-0.39, 0.29) is 0 Å². The molecular weight excluding hydrogens is 242 g/mol. The second kappa shape index (κ2) is 5.32. The molecule has 3 rings (SSSR count). The van der Waals surface area contributed by atoms with Gasteiger partial charge in [-0.2, -0.15) is 5.10 Å². The van der Waals surface area contributed by atoms with Crippen molar-refractivity contribution in [2.45, 2.75) is 26.1 Å². The van der Waals surface area contributed by atoms with Gasteiger partial charge in [0.05, 0.1) is 6.54 Å². The summed E-state index contributed by atoms with van der Waals surface area (Å²) in [6.45, 7) is 4.13. The van der Waals surface area contributed by atoms with E-state index in [9.17, 15) is 0 Å². The van der Waals surface area contributed by atoms with Crippen LogP contribution in [0.1, 0.15) is 12.5 Å². The Morgan fingerprint density at radius 3 is 3.11 bits per heavy atom. The van der Waals surface area contributed by atoms with Gasteiger partial charge in [0, 0.05) is 25.0 Å². The van der Waals surface area contributed by atoms with Crippen LogP contribution in [0.3, 0.4) is 0 Å². The largest absolute Gasteiger partial charge is 0.454 e. The Hall–Kier alpha value is -2.01. The Bertz CT molecular complexity index is 540. The van der Waals surface area contributed by atoms with E-state index < -0.39 is 0 Å². The standard InChI is InChI=1S/C14H17N3O2/c1-11(9-17-6-2-5-16-17)15-8-12-3-4-13-14(7-12)19-10-18-13/h2-7,11,15H,8-10H2,1H3. The Balaban J connectivity index is 1.54. The first-order chi connectivity index (χ1) is 9.31. The fourth-order valence-corrected chi connectivity index (χ4v) is 2.10. The molecule has 5 heteroatoms. The van der Waals surface area contributed by atoms with Crippen molar-refractivity contribution < 1.29 is 9.47 Å². The molecule has 0 saturated carbocycles. The van der Waals surface area contributed by atoms with Crippen molar-refractivity contribution >= 4 is 0 Å². The molecule has 100 valence electrons. The Labute approximate surface area is 112 Å². The summed E-state index contributed by atoms with van der Waals surface area (Å²) in [5.74, 6) is 1.66. The monoisotopic (exact) mass is 259 g/mol. The van der Waals surface area contributed by atoms with Crippen LogP contribution in [0.25, 0.3) is 0 Å². The second-order valence-corrected chi connectivity index (χ2v) is 4.70. The number of ether oxygens (including phenoxy) is 2. The zero-order valence-electron chi connectivity index (χ0n) is 10.9. The first kappa shape index (κ1) is 12.0. The topological polar surface area (TPSA) is 48.3 Å². The van der Waals surface area contributed by atoms with Gasteiger partial charge in [-0.25, -0.2) is 0 Å². The van der Waals surface area contributed by atoms with Crippen LogP contribution in [-0.4, -0.2) is 22.6 Å². The average molecular weight is 259 g/mol. The summed E-state index contributed by atoms with van der Waals surface area (Å²) >= 11 is 0. The number of aromatic nitrogens is 2. The lowest BCUT2D eigenvalue weighted by atomic mass is 10.2. The van der Waals surface area contributed by atoms with Gasteiger partial charge in [-0.05, 0) is 30.7 Å². The normalized spacial score (nSPS) is 14.6. The van der Waals surface area contributed by atoms with Crippen molar-refractivity contribution in [2.24, 2.45) is 0 Å². The maximum atomic E-state index is 5.37. The first-order valence-corrected chi connectivity index (χ1v) is 6.40. The number of fused-ring (bicyclic) bond motifs is 1. The van der Waals surface area contributed by atoms with Crippen molar-refractivity contribution in [3.05, 3.63) is 42.2 Å². The molecule has 5 nitrogen and oxygen atoms in total. The summed E-state index contributed by atoms with van der Waals surface area (Å²) in [6.07, 6.45) is 3.77. The van der Waals surface area contributed by atoms with Gasteiger partial charge in [0.1, 0.15) is 0 Å². The third kappa shape index (κ3) is 2.88. The number of hydrogen-bond acceptors (Lipinski definition) is 4. The zero-order chi connectivity index (χ0) is 13.1. The molecule has 0 amide bonds. The van der Waals surface area contributed by atoms with E-state index in [2.05, 4.69) is 23.4 Å². The average Bonchev–Trinajstić information content (AvgIpc) is 3.06. The van der Waals surface area contributed by atoms with Crippen LogP contribution in [0.5, 0.6) is 11.5 Å². The number of nitrogens with one attached hydrogen (secondary N) is 1. The van der Waals surface area contributed by atoms with E-state index in [0.29, 0.717) is 12.8 Å². The molecule has 1 N–H and O–H groups in total. The van der Waals surface area contributed by atoms with E-state index in [0.717, 1.165) is 24.6 Å². The van der Waals surface area contributed by atoms with E-state index in [1.54, 1.807) is 6.20 Å². The zero-order valence-corrected chi connectivity index (χ0v) is 10.9.